The molecular formula is C26H25I2N3O7S. The average Bonchev–Trinajstić information content (AvgIpc) is 2.88. The second-order valence-electron chi connectivity index (χ2n) is 8.00. The number of amides is 1. The van der Waals surface area contributed by atoms with E-state index in [0.29, 0.717) is 21.5 Å². The van der Waals surface area contributed by atoms with Crippen molar-refractivity contribution in [2.24, 2.45) is 5.10 Å². The highest BCUT2D eigenvalue weighted by Gasteiger charge is 2.26. The summed E-state index contributed by atoms with van der Waals surface area (Å²) in [5.74, 6) is -1.16. The normalized spacial score (nSPS) is 12.2. The zero-order valence-corrected chi connectivity index (χ0v) is 25.8. The van der Waals surface area contributed by atoms with Gasteiger partial charge < -0.3 is 14.6 Å². The Morgan fingerprint density at radius 3 is 2.38 bits per heavy atom. The van der Waals surface area contributed by atoms with Gasteiger partial charge in [-0.2, -0.15) is 9.82 Å². The van der Waals surface area contributed by atoms with Crippen LogP contribution < -0.4 is 19.6 Å². The van der Waals surface area contributed by atoms with E-state index in [1.807, 2.05) is 28.7 Å². The lowest BCUT2D eigenvalue weighted by Gasteiger charge is -2.17. The Labute approximate surface area is 253 Å². The molecule has 3 aromatic carbocycles. The Bertz CT molecular complexity index is 1430. The maximum Gasteiger partial charge on any atom is 0.341 e. The molecule has 13 heteroatoms. The molecule has 0 aliphatic rings. The Kier molecular flexibility index (Phi) is 11.5. The topological polar surface area (TPSA) is 143 Å². The summed E-state index contributed by atoms with van der Waals surface area (Å²) in [5, 5.41) is 12.9. The predicted octanol–water partition coefficient (Wildman–Crippen LogP) is 3.80. The van der Waals surface area contributed by atoms with Gasteiger partial charge in [0.05, 0.1) is 21.3 Å². The third-order valence-corrected chi connectivity index (χ3v) is 8.09. The predicted molar refractivity (Wildman–Crippen MR) is 163 cm³/mol. The molecule has 0 heterocycles. The molecule has 0 aliphatic heterocycles. The molecule has 0 bridgehead atoms. The third-order valence-electron chi connectivity index (χ3n) is 5.08. The van der Waals surface area contributed by atoms with Gasteiger partial charge in [0.2, 0.25) is 10.0 Å². The van der Waals surface area contributed by atoms with E-state index in [-0.39, 0.29) is 17.1 Å². The lowest BCUT2D eigenvalue weighted by Crippen LogP contribution is -2.46. The van der Waals surface area contributed by atoms with Crippen LogP contribution in [0.5, 0.6) is 11.5 Å². The van der Waals surface area contributed by atoms with Gasteiger partial charge in [0.1, 0.15) is 6.04 Å². The molecule has 1 atom stereocenters. The van der Waals surface area contributed by atoms with E-state index in [1.54, 1.807) is 55.5 Å². The number of aliphatic carboxylic acids is 1. The van der Waals surface area contributed by atoms with Crippen LogP contribution >= 0.6 is 45.2 Å². The number of carboxylic acid groups (broad SMARTS) is 1. The van der Waals surface area contributed by atoms with Crippen LogP contribution in [0, 0.1) is 7.14 Å². The average molecular weight is 777 g/mol. The number of hydrazone groups is 1. The molecule has 3 rings (SSSR count). The molecule has 3 N–H and O–H groups in total. The first-order valence-corrected chi connectivity index (χ1v) is 15.2. The summed E-state index contributed by atoms with van der Waals surface area (Å²) in [4.78, 5) is 24.0. The molecule has 0 saturated heterocycles. The van der Waals surface area contributed by atoms with E-state index in [4.69, 9.17) is 14.6 Å². The summed E-state index contributed by atoms with van der Waals surface area (Å²) in [6.07, 6.45) is 1.48. The first-order valence-electron chi connectivity index (χ1n) is 11.5. The van der Waals surface area contributed by atoms with Gasteiger partial charge in [-0.1, -0.05) is 30.3 Å². The number of hydrogen-bond acceptors (Lipinski definition) is 7. The highest BCUT2D eigenvalue weighted by molar-refractivity contribution is 14.1. The van der Waals surface area contributed by atoms with Crippen LogP contribution in [0.25, 0.3) is 0 Å². The van der Waals surface area contributed by atoms with Gasteiger partial charge in [0.25, 0.3) is 5.91 Å². The number of carboxylic acids is 1. The van der Waals surface area contributed by atoms with Crippen LogP contribution in [0.2, 0.25) is 0 Å². The molecular weight excluding hydrogens is 752 g/mol. The van der Waals surface area contributed by atoms with Crippen molar-refractivity contribution in [1.82, 2.24) is 10.1 Å². The van der Waals surface area contributed by atoms with Crippen molar-refractivity contribution in [1.29, 1.82) is 0 Å². The van der Waals surface area contributed by atoms with Crippen LogP contribution in [0.15, 0.2) is 76.7 Å². The Morgan fingerprint density at radius 2 is 1.74 bits per heavy atom. The summed E-state index contributed by atoms with van der Waals surface area (Å²) in [7, 11) is -3.99. The molecule has 1 amide bonds. The molecule has 0 aliphatic carbocycles. The van der Waals surface area contributed by atoms with Crippen molar-refractivity contribution in [3.63, 3.8) is 0 Å². The van der Waals surface area contributed by atoms with Gasteiger partial charge in [-0.15, -0.1) is 0 Å². The third kappa shape index (κ3) is 9.44. The molecule has 39 heavy (non-hydrogen) atoms. The van der Waals surface area contributed by atoms with Crippen LogP contribution in [0.3, 0.4) is 0 Å². The molecule has 0 aromatic heterocycles. The number of nitrogens with one attached hydrogen (secondary N) is 2. The fourth-order valence-corrected chi connectivity index (χ4v) is 5.69. The van der Waals surface area contributed by atoms with E-state index in [2.05, 4.69) is 37.8 Å². The van der Waals surface area contributed by atoms with Crippen LogP contribution in [0.1, 0.15) is 18.1 Å². The van der Waals surface area contributed by atoms with Crippen molar-refractivity contribution in [3.05, 3.63) is 85.0 Å². The standard InChI is InChI=1S/C26H25I2N3O7S/c1-2-37-23-14-18(12-21(28)25(23)38-16-24(32)33)15-29-30-26(34)22(13-17-6-4-3-5-7-17)31-39(35,36)20-10-8-19(27)9-11-20/h3-12,14-15,22,31H,2,13,16H2,1H3,(H,30,34)(H,32,33)/b29-15-/t22-/m0/s1. The van der Waals surface area contributed by atoms with Crippen molar-refractivity contribution in [2.45, 2.75) is 24.3 Å². The first kappa shape index (κ1) is 30.8. The van der Waals surface area contributed by atoms with E-state index in [9.17, 15) is 18.0 Å². The summed E-state index contributed by atoms with van der Waals surface area (Å²) < 4.78 is 40.9. The highest BCUT2D eigenvalue weighted by atomic mass is 127. The summed E-state index contributed by atoms with van der Waals surface area (Å²) in [6, 6.07) is 17.5. The minimum absolute atomic E-state index is 0.0421. The van der Waals surface area contributed by atoms with Gasteiger partial charge in [-0.05, 0) is 106 Å². The Hall–Kier alpha value is -2.76. The number of halogens is 2. The Morgan fingerprint density at radius 1 is 1.05 bits per heavy atom. The molecule has 0 fully saturated rings. The van der Waals surface area contributed by atoms with Crippen molar-refractivity contribution in [3.8, 4) is 11.5 Å². The summed E-state index contributed by atoms with van der Waals surface area (Å²) >= 11 is 4.06. The maximum atomic E-state index is 13.1. The summed E-state index contributed by atoms with van der Waals surface area (Å²) in [6.45, 7) is 1.57. The number of nitrogens with zero attached hydrogens (tertiary/aromatic N) is 1. The largest absolute Gasteiger partial charge is 0.490 e. The minimum Gasteiger partial charge on any atom is -0.490 e. The molecule has 10 nitrogen and oxygen atoms in total. The second-order valence-corrected chi connectivity index (χ2v) is 12.1. The van der Waals surface area contributed by atoms with E-state index >= 15 is 0 Å². The lowest BCUT2D eigenvalue weighted by molar-refractivity contribution is -0.139. The first-order chi connectivity index (χ1) is 18.6. The van der Waals surface area contributed by atoms with Gasteiger partial charge in [0.15, 0.2) is 18.1 Å². The second kappa shape index (κ2) is 14.6. The van der Waals surface area contributed by atoms with Crippen LogP contribution in [0.4, 0.5) is 0 Å². The quantitative estimate of drug-likeness (QED) is 0.136. The van der Waals surface area contributed by atoms with Gasteiger partial charge >= 0.3 is 5.97 Å². The molecule has 0 unspecified atom stereocenters. The number of hydrogen-bond donors (Lipinski definition) is 3. The molecule has 0 radical (unpaired) electrons. The smallest absolute Gasteiger partial charge is 0.341 e. The monoisotopic (exact) mass is 777 g/mol. The van der Waals surface area contributed by atoms with Gasteiger partial charge in [-0.3, -0.25) is 4.79 Å². The van der Waals surface area contributed by atoms with Crippen molar-refractivity contribution in [2.75, 3.05) is 13.2 Å². The Balaban J connectivity index is 1.80. The van der Waals surface area contributed by atoms with Gasteiger partial charge in [0, 0.05) is 3.57 Å². The van der Waals surface area contributed by atoms with Gasteiger partial charge in [-0.25, -0.2) is 18.6 Å². The molecule has 206 valence electrons. The van der Waals surface area contributed by atoms with E-state index in [1.165, 1.54) is 18.3 Å². The minimum atomic E-state index is -3.99. The zero-order chi connectivity index (χ0) is 28.4. The van der Waals surface area contributed by atoms with Crippen LogP contribution in [-0.2, 0) is 26.0 Å². The number of sulfonamides is 1. The van der Waals surface area contributed by atoms with Crippen LogP contribution in [-0.4, -0.2) is 50.9 Å². The molecule has 0 saturated carbocycles. The summed E-state index contributed by atoms with van der Waals surface area (Å²) in [5.41, 5.74) is 3.72. The van der Waals surface area contributed by atoms with E-state index in [0.717, 1.165) is 9.13 Å². The zero-order valence-electron chi connectivity index (χ0n) is 20.6. The van der Waals surface area contributed by atoms with E-state index < -0.39 is 34.5 Å². The van der Waals surface area contributed by atoms with Crippen molar-refractivity contribution >= 4 is 73.3 Å². The number of carbonyl (C=O) groups excluding carboxylic acids is 1. The lowest BCUT2D eigenvalue weighted by atomic mass is 10.1. The number of benzene rings is 3. The molecule has 0 spiro atoms. The number of rotatable bonds is 13. The number of ether oxygens (including phenoxy) is 2. The SMILES string of the molecule is CCOc1cc(/C=N\NC(=O)[C@H](Cc2ccccc2)NS(=O)(=O)c2ccc(I)cc2)cc(I)c1OCC(=O)O. The maximum absolute atomic E-state index is 13.1. The van der Waals surface area contributed by atoms with Crippen molar-refractivity contribution < 1.29 is 32.6 Å². The molecule has 3 aromatic rings. The number of carbonyl (C=O) groups is 2. The highest BCUT2D eigenvalue weighted by Crippen LogP contribution is 2.34. The fourth-order valence-electron chi connectivity index (χ4n) is 3.35. The fraction of sp³-hybridized carbons (Fsp3) is 0.192.